The Balaban J connectivity index is 1.95. The molecule has 0 radical (unpaired) electrons. The van der Waals surface area contributed by atoms with Crippen molar-refractivity contribution >= 4 is 29.6 Å². The number of rotatable bonds is 7. The number of imide groups is 2. The van der Waals surface area contributed by atoms with Crippen LogP contribution < -0.4 is 0 Å². The minimum Gasteiger partial charge on any atom is -0.480 e. The number of carboxylic acid groups (broad SMARTS) is 1. The first-order valence-corrected chi connectivity index (χ1v) is 9.25. The molecule has 1 saturated heterocycles. The number of β-amino-alcohol motifs (C(OH)–C–C–N with tert-alkyl or cyclic N) is 1. The van der Waals surface area contributed by atoms with Gasteiger partial charge in [-0.15, -0.1) is 0 Å². The Morgan fingerprint density at radius 3 is 2.27 bits per heavy atom. The molecule has 1 aromatic rings. The van der Waals surface area contributed by atoms with E-state index in [0.29, 0.717) is 9.91 Å². The lowest BCUT2D eigenvalue weighted by Gasteiger charge is -2.39. The van der Waals surface area contributed by atoms with Gasteiger partial charge in [-0.2, -0.15) is 5.01 Å². The first-order valence-electron chi connectivity index (χ1n) is 9.25. The van der Waals surface area contributed by atoms with Crippen LogP contribution in [-0.2, 0) is 14.4 Å². The van der Waals surface area contributed by atoms with Crippen LogP contribution >= 0.6 is 0 Å². The first-order chi connectivity index (χ1) is 14.2. The standard InChI is InChI=1S/C19H20FN3O7/c1-10(19(29)30)22(23-17(27)11-4-2-3-5-12(11)18(23)28)9-13-14(20)8-15(25)21(6-7-24)16(13)26/h2-5,10,13-14,24H,6-9H2,1H3,(H,29,30)/t10?,13?,14-/m0/s1. The van der Waals surface area contributed by atoms with E-state index in [-0.39, 0.29) is 17.7 Å². The van der Waals surface area contributed by atoms with E-state index in [1.54, 1.807) is 12.1 Å². The first kappa shape index (κ1) is 21.5. The van der Waals surface area contributed by atoms with Crippen LogP contribution in [0.1, 0.15) is 34.1 Å². The van der Waals surface area contributed by atoms with Crippen molar-refractivity contribution in [2.24, 2.45) is 5.92 Å². The van der Waals surface area contributed by atoms with Gasteiger partial charge in [-0.05, 0) is 19.1 Å². The zero-order chi connectivity index (χ0) is 22.2. The van der Waals surface area contributed by atoms with Crippen molar-refractivity contribution in [3.05, 3.63) is 35.4 Å². The Kier molecular flexibility index (Phi) is 5.94. The molecule has 2 unspecified atom stereocenters. The van der Waals surface area contributed by atoms with E-state index < -0.39 is 67.3 Å². The number of carbonyl (C=O) groups excluding carboxylic acids is 4. The molecule has 0 aliphatic carbocycles. The number of alkyl halides is 1. The molecule has 2 aliphatic heterocycles. The number of hydrogen-bond acceptors (Lipinski definition) is 7. The fourth-order valence-corrected chi connectivity index (χ4v) is 3.58. The lowest BCUT2D eigenvalue weighted by Crippen LogP contribution is -2.60. The zero-order valence-electron chi connectivity index (χ0n) is 16.0. The summed E-state index contributed by atoms with van der Waals surface area (Å²) in [6, 6.07) is 4.45. The quantitative estimate of drug-likeness (QED) is 0.572. The summed E-state index contributed by atoms with van der Waals surface area (Å²) in [4.78, 5) is 62.5. The van der Waals surface area contributed by atoms with Gasteiger partial charge in [0.2, 0.25) is 11.8 Å². The Labute approximate surface area is 170 Å². The molecule has 2 N–H and O–H groups in total. The molecule has 3 rings (SSSR count). The van der Waals surface area contributed by atoms with Gasteiger partial charge in [0.25, 0.3) is 11.8 Å². The van der Waals surface area contributed by atoms with Crippen LogP contribution in [0.15, 0.2) is 24.3 Å². The van der Waals surface area contributed by atoms with Gasteiger partial charge in [0.1, 0.15) is 12.2 Å². The van der Waals surface area contributed by atoms with Gasteiger partial charge in [-0.25, -0.2) is 9.40 Å². The summed E-state index contributed by atoms with van der Waals surface area (Å²) < 4.78 is 14.6. The Hall–Kier alpha value is -3.18. The third-order valence-electron chi connectivity index (χ3n) is 5.23. The van der Waals surface area contributed by atoms with Gasteiger partial charge in [0.15, 0.2) is 0 Å². The van der Waals surface area contributed by atoms with Crippen molar-refractivity contribution in [1.29, 1.82) is 0 Å². The van der Waals surface area contributed by atoms with Crippen molar-refractivity contribution in [1.82, 2.24) is 14.9 Å². The molecule has 10 nitrogen and oxygen atoms in total. The number of nitrogens with zero attached hydrogens (tertiary/aromatic N) is 3. The Morgan fingerprint density at radius 2 is 1.77 bits per heavy atom. The third kappa shape index (κ3) is 3.57. The molecule has 4 amide bonds. The minimum absolute atomic E-state index is 0.0638. The highest BCUT2D eigenvalue weighted by molar-refractivity contribution is 6.21. The van der Waals surface area contributed by atoms with Gasteiger partial charge in [0, 0.05) is 6.54 Å². The predicted molar refractivity (Wildman–Crippen MR) is 97.6 cm³/mol. The Morgan fingerprint density at radius 1 is 1.20 bits per heavy atom. The maximum absolute atomic E-state index is 14.6. The van der Waals surface area contributed by atoms with Gasteiger partial charge in [0.05, 0.1) is 36.6 Å². The number of fused-ring (bicyclic) bond motifs is 1. The second-order valence-corrected chi connectivity index (χ2v) is 7.04. The molecule has 2 aliphatic rings. The van der Waals surface area contributed by atoms with E-state index in [1.807, 2.05) is 0 Å². The highest BCUT2D eigenvalue weighted by atomic mass is 19.1. The zero-order valence-corrected chi connectivity index (χ0v) is 16.0. The number of benzene rings is 1. The molecule has 3 atom stereocenters. The number of likely N-dealkylation sites (tertiary alicyclic amines) is 1. The van der Waals surface area contributed by atoms with Gasteiger partial charge >= 0.3 is 5.97 Å². The third-order valence-corrected chi connectivity index (χ3v) is 5.23. The van der Waals surface area contributed by atoms with Gasteiger partial charge in [-0.1, -0.05) is 12.1 Å². The van der Waals surface area contributed by atoms with Crippen molar-refractivity contribution in [2.75, 3.05) is 19.7 Å². The summed E-state index contributed by atoms with van der Waals surface area (Å²) in [5.41, 5.74) is 0.128. The average molecular weight is 421 g/mol. The fourth-order valence-electron chi connectivity index (χ4n) is 3.58. The molecule has 2 heterocycles. The number of aliphatic hydroxyl groups excluding tert-OH is 1. The fraction of sp³-hybridized carbons (Fsp3) is 0.421. The molecule has 0 saturated carbocycles. The van der Waals surface area contributed by atoms with E-state index >= 15 is 0 Å². The number of hydrazine groups is 1. The molecular formula is C19H20FN3O7. The monoisotopic (exact) mass is 421 g/mol. The molecule has 0 aromatic heterocycles. The van der Waals surface area contributed by atoms with Crippen LogP contribution in [0.3, 0.4) is 0 Å². The summed E-state index contributed by atoms with van der Waals surface area (Å²) in [5, 5.41) is 20.0. The van der Waals surface area contributed by atoms with Crippen LogP contribution in [0.2, 0.25) is 0 Å². The van der Waals surface area contributed by atoms with E-state index in [4.69, 9.17) is 5.11 Å². The lowest BCUT2D eigenvalue weighted by atomic mass is 9.93. The van der Waals surface area contributed by atoms with E-state index in [1.165, 1.54) is 19.1 Å². The van der Waals surface area contributed by atoms with E-state index in [9.17, 15) is 33.5 Å². The molecule has 1 fully saturated rings. The molecule has 1 aromatic carbocycles. The number of halogens is 1. The summed E-state index contributed by atoms with van der Waals surface area (Å²) in [6.45, 7) is -0.269. The highest BCUT2D eigenvalue weighted by Crippen LogP contribution is 2.29. The number of aliphatic carboxylic acids is 1. The van der Waals surface area contributed by atoms with E-state index in [2.05, 4.69) is 0 Å². The van der Waals surface area contributed by atoms with Crippen LogP contribution in [0.25, 0.3) is 0 Å². The molecule has 0 bridgehead atoms. The second-order valence-electron chi connectivity index (χ2n) is 7.04. The van der Waals surface area contributed by atoms with Crippen LogP contribution in [0.5, 0.6) is 0 Å². The van der Waals surface area contributed by atoms with Crippen LogP contribution in [-0.4, -0.2) is 86.6 Å². The van der Waals surface area contributed by atoms with Crippen molar-refractivity contribution in [3.8, 4) is 0 Å². The van der Waals surface area contributed by atoms with Crippen molar-refractivity contribution in [3.63, 3.8) is 0 Å². The maximum Gasteiger partial charge on any atom is 0.322 e. The average Bonchev–Trinajstić information content (AvgIpc) is 2.96. The number of aliphatic hydroxyl groups is 1. The number of carbonyl (C=O) groups is 5. The largest absolute Gasteiger partial charge is 0.480 e. The number of hydrogen-bond donors (Lipinski definition) is 2. The number of piperidine rings is 1. The maximum atomic E-state index is 14.6. The highest BCUT2D eigenvalue weighted by Gasteiger charge is 2.47. The summed E-state index contributed by atoms with van der Waals surface area (Å²) in [5.74, 6) is -6.20. The van der Waals surface area contributed by atoms with Crippen molar-refractivity contribution < 1.29 is 38.6 Å². The summed E-state index contributed by atoms with van der Waals surface area (Å²) in [7, 11) is 0. The lowest BCUT2D eigenvalue weighted by molar-refractivity contribution is -0.161. The summed E-state index contributed by atoms with van der Waals surface area (Å²) in [6.07, 6.45) is -2.56. The second kappa shape index (κ2) is 8.28. The van der Waals surface area contributed by atoms with Crippen LogP contribution in [0.4, 0.5) is 4.39 Å². The van der Waals surface area contributed by atoms with Gasteiger partial charge in [-0.3, -0.25) is 28.9 Å². The Bertz CT molecular complexity index is 886. The smallest absolute Gasteiger partial charge is 0.322 e. The SMILES string of the molecule is CC(C(=O)O)N(CC1C(=O)N(CCO)C(=O)C[C@@H]1F)N1C(=O)c2ccccc2C1=O. The number of carboxylic acids is 1. The minimum atomic E-state index is -1.93. The molecule has 11 heteroatoms. The van der Waals surface area contributed by atoms with Crippen LogP contribution in [0, 0.1) is 5.92 Å². The van der Waals surface area contributed by atoms with Crippen molar-refractivity contribution in [2.45, 2.75) is 25.6 Å². The predicted octanol–water partition coefficient (Wildman–Crippen LogP) is -0.322. The molecular weight excluding hydrogens is 401 g/mol. The van der Waals surface area contributed by atoms with E-state index in [0.717, 1.165) is 5.01 Å². The molecule has 30 heavy (non-hydrogen) atoms. The number of amides is 4. The summed E-state index contributed by atoms with van der Waals surface area (Å²) >= 11 is 0. The molecule has 160 valence electrons. The topological polar surface area (TPSA) is 136 Å². The molecule has 0 spiro atoms. The van der Waals surface area contributed by atoms with Gasteiger partial charge < -0.3 is 10.2 Å². The normalized spacial score (nSPS) is 22.7.